The van der Waals surface area contributed by atoms with Crippen molar-refractivity contribution in [3.05, 3.63) is 34.9 Å². The van der Waals surface area contributed by atoms with Gasteiger partial charge in [0.05, 0.1) is 6.54 Å². The van der Waals surface area contributed by atoms with Crippen LogP contribution in [-0.2, 0) is 11.3 Å². The largest absolute Gasteiger partial charge is 0.352 e. The summed E-state index contributed by atoms with van der Waals surface area (Å²) in [6, 6.07) is 8.49. The third-order valence-corrected chi connectivity index (χ3v) is 5.37. The van der Waals surface area contributed by atoms with E-state index < -0.39 is 0 Å². The molecule has 1 aliphatic heterocycles. The standard InChI is InChI=1S/C19H28ClN3O/c20-17-8-6-16(7-9-17)14-22-10-12-23(13-11-22)15-19(24)21-18-4-2-1-3-5-18/h6-9,18H,1-5,10-15H2,(H,21,24). The number of hydrogen-bond acceptors (Lipinski definition) is 3. The van der Waals surface area contributed by atoms with Crippen LogP contribution in [-0.4, -0.2) is 54.5 Å². The molecule has 0 radical (unpaired) electrons. The van der Waals surface area contributed by atoms with Crippen LogP contribution in [0.2, 0.25) is 5.02 Å². The lowest BCUT2D eigenvalue weighted by atomic mass is 9.95. The summed E-state index contributed by atoms with van der Waals surface area (Å²) in [7, 11) is 0. The first kappa shape index (κ1) is 17.7. The lowest BCUT2D eigenvalue weighted by molar-refractivity contribution is -0.123. The van der Waals surface area contributed by atoms with E-state index in [2.05, 4.69) is 27.2 Å². The molecule has 1 N–H and O–H groups in total. The SMILES string of the molecule is O=C(CN1CCN(Cc2ccc(Cl)cc2)CC1)NC1CCCCC1. The first-order valence-electron chi connectivity index (χ1n) is 9.17. The number of carbonyl (C=O) groups is 1. The molecule has 5 heteroatoms. The van der Waals surface area contributed by atoms with Crippen molar-refractivity contribution in [2.24, 2.45) is 0 Å². The second kappa shape index (κ2) is 8.84. The van der Waals surface area contributed by atoms with E-state index in [1.807, 2.05) is 12.1 Å². The van der Waals surface area contributed by atoms with Crippen LogP contribution in [0.1, 0.15) is 37.7 Å². The Hall–Kier alpha value is -1.10. The van der Waals surface area contributed by atoms with E-state index in [-0.39, 0.29) is 5.91 Å². The molecule has 1 aromatic carbocycles. The fourth-order valence-electron chi connectivity index (χ4n) is 3.68. The first-order chi connectivity index (χ1) is 11.7. The van der Waals surface area contributed by atoms with Gasteiger partial charge in [0.2, 0.25) is 5.91 Å². The number of benzene rings is 1. The van der Waals surface area contributed by atoms with Gasteiger partial charge in [-0.25, -0.2) is 0 Å². The molecule has 1 heterocycles. The summed E-state index contributed by atoms with van der Waals surface area (Å²) in [6.07, 6.45) is 6.14. The van der Waals surface area contributed by atoms with Crippen molar-refractivity contribution in [2.45, 2.75) is 44.7 Å². The third kappa shape index (κ3) is 5.47. The number of piperazine rings is 1. The van der Waals surface area contributed by atoms with Crippen LogP contribution in [0.3, 0.4) is 0 Å². The molecular formula is C19H28ClN3O. The molecule has 2 aliphatic rings. The van der Waals surface area contributed by atoms with E-state index in [1.165, 1.54) is 24.8 Å². The molecule has 0 aromatic heterocycles. The molecule has 132 valence electrons. The van der Waals surface area contributed by atoms with Gasteiger partial charge in [-0.3, -0.25) is 14.6 Å². The van der Waals surface area contributed by atoms with E-state index in [1.54, 1.807) is 0 Å². The zero-order chi connectivity index (χ0) is 16.8. The number of nitrogens with one attached hydrogen (secondary N) is 1. The van der Waals surface area contributed by atoms with Crippen LogP contribution >= 0.6 is 11.6 Å². The Morgan fingerprint density at radius 3 is 2.29 bits per heavy atom. The highest BCUT2D eigenvalue weighted by Gasteiger charge is 2.21. The molecule has 4 nitrogen and oxygen atoms in total. The molecule has 1 saturated heterocycles. The lowest BCUT2D eigenvalue weighted by Gasteiger charge is -2.34. The van der Waals surface area contributed by atoms with Crippen molar-refractivity contribution in [3.8, 4) is 0 Å². The van der Waals surface area contributed by atoms with Gasteiger partial charge in [-0.2, -0.15) is 0 Å². The van der Waals surface area contributed by atoms with Crippen molar-refractivity contribution < 1.29 is 4.79 Å². The average molecular weight is 350 g/mol. The Morgan fingerprint density at radius 1 is 1.00 bits per heavy atom. The summed E-state index contributed by atoms with van der Waals surface area (Å²) < 4.78 is 0. The predicted octanol–water partition coefficient (Wildman–Crippen LogP) is 2.91. The minimum Gasteiger partial charge on any atom is -0.352 e. The van der Waals surface area contributed by atoms with Crippen molar-refractivity contribution in [2.75, 3.05) is 32.7 Å². The molecule has 1 amide bonds. The van der Waals surface area contributed by atoms with E-state index in [9.17, 15) is 4.79 Å². The molecule has 0 spiro atoms. The van der Waals surface area contributed by atoms with Gasteiger partial charge >= 0.3 is 0 Å². The molecule has 0 unspecified atom stereocenters. The molecule has 0 bridgehead atoms. The van der Waals surface area contributed by atoms with E-state index in [0.29, 0.717) is 12.6 Å². The molecular weight excluding hydrogens is 322 g/mol. The first-order valence-corrected chi connectivity index (χ1v) is 9.55. The molecule has 1 saturated carbocycles. The fourth-order valence-corrected chi connectivity index (χ4v) is 3.80. The van der Waals surface area contributed by atoms with E-state index in [4.69, 9.17) is 11.6 Å². The Bertz CT molecular complexity index is 520. The second-order valence-electron chi connectivity index (χ2n) is 7.08. The quantitative estimate of drug-likeness (QED) is 0.887. The minimum absolute atomic E-state index is 0.202. The van der Waals surface area contributed by atoms with Gasteiger partial charge in [-0.15, -0.1) is 0 Å². The zero-order valence-corrected chi connectivity index (χ0v) is 15.1. The topological polar surface area (TPSA) is 35.6 Å². The van der Waals surface area contributed by atoms with Gasteiger partial charge < -0.3 is 5.32 Å². The second-order valence-corrected chi connectivity index (χ2v) is 7.52. The zero-order valence-electron chi connectivity index (χ0n) is 14.3. The Balaban J connectivity index is 1.37. The molecule has 0 atom stereocenters. The summed E-state index contributed by atoms with van der Waals surface area (Å²) in [5.41, 5.74) is 1.29. The Kier molecular flexibility index (Phi) is 6.52. The molecule has 24 heavy (non-hydrogen) atoms. The van der Waals surface area contributed by atoms with Gasteiger partial charge in [-0.1, -0.05) is 43.0 Å². The summed E-state index contributed by atoms with van der Waals surface area (Å²) in [4.78, 5) is 16.9. The predicted molar refractivity (Wildman–Crippen MR) is 98.2 cm³/mol. The highest BCUT2D eigenvalue weighted by atomic mass is 35.5. The summed E-state index contributed by atoms with van der Waals surface area (Å²) >= 11 is 5.93. The van der Waals surface area contributed by atoms with Crippen molar-refractivity contribution >= 4 is 17.5 Å². The van der Waals surface area contributed by atoms with Gasteiger partial charge in [0.1, 0.15) is 0 Å². The monoisotopic (exact) mass is 349 g/mol. The molecule has 3 rings (SSSR count). The minimum atomic E-state index is 0.202. The molecule has 2 fully saturated rings. The van der Waals surface area contributed by atoms with Gasteiger partial charge in [0.15, 0.2) is 0 Å². The summed E-state index contributed by atoms with van der Waals surface area (Å²) in [5, 5.41) is 4.00. The van der Waals surface area contributed by atoms with Gasteiger partial charge in [0, 0.05) is 43.8 Å². The number of rotatable bonds is 5. The highest BCUT2D eigenvalue weighted by molar-refractivity contribution is 6.30. The summed E-state index contributed by atoms with van der Waals surface area (Å²) in [5.74, 6) is 0.202. The molecule has 1 aliphatic carbocycles. The number of hydrogen-bond donors (Lipinski definition) is 1. The number of amides is 1. The normalized spacial score (nSPS) is 20.9. The van der Waals surface area contributed by atoms with E-state index in [0.717, 1.165) is 50.6 Å². The smallest absolute Gasteiger partial charge is 0.234 e. The van der Waals surface area contributed by atoms with Crippen LogP contribution in [0.25, 0.3) is 0 Å². The number of halogens is 1. The van der Waals surface area contributed by atoms with Crippen molar-refractivity contribution in [3.63, 3.8) is 0 Å². The molecule has 1 aromatic rings. The summed E-state index contributed by atoms with van der Waals surface area (Å²) in [6.45, 7) is 5.46. The van der Waals surface area contributed by atoms with Gasteiger partial charge in [0.25, 0.3) is 0 Å². The van der Waals surface area contributed by atoms with Crippen LogP contribution in [0.4, 0.5) is 0 Å². The number of nitrogens with zero attached hydrogens (tertiary/aromatic N) is 2. The number of carbonyl (C=O) groups excluding carboxylic acids is 1. The van der Waals surface area contributed by atoms with Crippen molar-refractivity contribution in [1.82, 2.24) is 15.1 Å². The maximum Gasteiger partial charge on any atom is 0.234 e. The van der Waals surface area contributed by atoms with E-state index >= 15 is 0 Å². The maximum absolute atomic E-state index is 12.2. The van der Waals surface area contributed by atoms with Crippen LogP contribution in [0.5, 0.6) is 0 Å². The van der Waals surface area contributed by atoms with Crippen molar-refractivity contribution in [1.29, 1.82) is 0 Å². The maximum atomic E-state index is 12.2. The van der Waals surface area contributed by atoms with Crippen LogP contribution in [0.15, 0.2) is 24.3 Å². The third-order valence-electron chi connectivity index (χ3n) is 5.12. The Morgan fingerprint density at radius 2 is 1.62 bits per heavy atom. The fraction of sp³-hybridized carbons (Fsp3) is 0.632. The highest BCUT2D eigenvalue weighted by Crippen LogP contribution is 2.17. The van der Waals surface area contributed by atoms with Crippen LogP contribution in [0, 0.1) is 0 Å². The average Bonchev–Trinajstić information content (AvgIpc) is 2.59. The van der Waals surface area contributed by atoms with Crippen LogP contribution < -0.4 is 5.32 Å². The lowest BCUT2D eigenvalue weighted by Crippen LogP contribution is -2.50. The Labute approximate surface area is 150 Å². The van der Waals surface area contributed by atoms with Gasteiger partial charge in [-0.05, 0) is 30.5 Å².